The van der Waals surface area contributed by atoms with E-state index < -0.39 is 11.7 Å². The van der Waals surface area contributed by atoms with Crippen LogP contribution >= 0.6 is 0 Å². The Labute approximate surface area is 194 Å². The molecule has 2 aromatic carbocycles. The maximum atomic E-state index is 13.3. The zero-order chi connectivity index (χ0) is 23.4. The van der Waals surface area contributed by atoms with Crippen LogP contribution in [0.1, 0.15) is 30.0 Å². The van der Waals surface area contributed by atoms with Crippen LogP contribution in [0.2, 0.25) is 0 Å². The first-order valence-electron chi connectivity index (χ1n) is 11.2. The fraction of sp³-hybridized carbons (Fsp3) is 0.440. The van der Waals surface area contributed by atoms with Crippen LogP contribution in [0.3, 0.4) is 0 Å². The molecule has 8 heteroatoms. The Hall–Kier alpha value is -2.94. The SMILES string of the molecule is CO[C@H]1CN(OC(=O)OCc2ccccc2)[C@](C)(C(=O)Nc2ccc3c(c2)CCN(C)C3)C1. The molecular weight excluding hydrogens is 422 g/mol. The number of benzene rings is 2. The number of amides is 1. The van der Waals surface area contributed by atoms with Crippen molar-refractivity contribution in [2.75, 3.05) is 32.6 Å². The Balaban J connectivity index is 1.42. The third-order valence-corrected chi connectivity index (χ3v) is 6.42. The van der Waals surface area contributed by atoms with Gasteiger partial charge in [-0.25, -0.2) is 4.79 Å². The Morgan fingerprint density at radius 2 is 1.94 bits per heavy atom. The van der Waals surface area contributed by atoms with Gasteiger partial charge in [0.1, 0.15) is 12.1 Å². The molecule has 176 valence electrons. The second-order valence-corrected chi connectivity index (χ2v) is 8.94. The molecule has 2 atom stereocenters. The lowest BCUT2D eigenvalue weighted by atomic mass is 9.96. The number of hydrogen-bond donors (Lipinski definition) is 1. The van der Waals surface area contributed by atoms with Gasteiger partial charge < -0.3 is 24.5 Å². The Morgan fingerprint density at radius 3 is 2.70 bits per heavy atom. The van der Waals surface area contributed by atoms with Crippen LogP contribution in [-0.2, 0) is 38.7 Å². The first-order chi connectivity index (χ1) is 15.9. The lowest BCUT2D eigenvalue weighted by Gasteiger charge is -2.31. The van der Waals surface area contributed by atoms with Crippen molar-refractivity contribution >= 4 is 17.7 Å². The number of anilines is 1. The molecule has 2 aliphatic heterocycles. The number of likely N-dealkylation sites (N-methyl/N-ethyl adjacent to an activating group) is 1. The topological polar surface area (TPSA) is 80.3 Å². The Bertz CT molecular complexity index is 999. The van der Waals surface area contributed by atoms with Crippen molar-refractivity contribution in [2.24, 2.45) is 0 Å². The molecule has 0 radical (unpaired) electrons. The zero-order valence-electron chi connectivity index (χ0n) is 19.4. The Kier molecular flexibility index (Phi) is 6.97. The summed E-state index contributed by atoms with van der Waals surface area (Å²) in [6.07, 6.45) is 0.229. The number of nitrogens with zero attached hydrogens (tertiary/aromatic N) is 2. The summed E-state index contributed by atoms with van der Waals surface area (Å²) in [5.41, 5.74) is 3.01. The fourth-order valence-electron chi connectivity index (χ4n) is 4.37. The maximum absolute atomic E-state index is 13.3. The highest BCUT2D eigenvalue weighted by atomic mass is 16.8. The molecule has 1 N–H and O–H groups in total. The van der Waals surface area contributed by atoms with E-state index in [1.807, 2.05) is 42.5 Å². The van der Waals surface area contributed by atoms with Gasteiger partial charge in [0.05, 0.1) is 12.6 Å². The molecule has 33 heavy (non-hydrogen) atoms. The predicted octanol–water partition coefficient (Wildman–Crippen LogP) is 3.36. The van der Waals surface area contributed by atoms with Crippen molar-refractivity contribution in [1.82, 2.24) is 9.96 Å². The van der Waals surface area contributed by atoms with E-state index in [4.69, 9.17) is 14.3 Å². The Morgan fingerprint density at radius 1 is 1.15 bits per heavy atom. The largest absolute Gasteiger partial charge is 0.528 e. The van der Waals surface area contributed by atoms with E-state index in [1.54, 1.807) is 14.0 Å². The molecule has 0 saturated carbocycles. The van der Waals surface area contributed by atoms with E-state index in [0.717, 1.165) is 30.8 Å². The third kappa shape index (κ3) is 5.35. The predicted molar refractivity (Wildman–Crippen MR) is 123 cm³/mol. The first kappa shape index (κ1) is 23.2. The van der Waals surface area contributed by atoms with Crippen molar-refractivity contribution in [3.05, 3.63) is 65.2 Å². The lowest BCUT2D eigenvalue weighted by molar-refractivity contribution is -0.176. The van der Waals surface area contributed by atoms with Gasteiger partial charge in [0.15, 0.2) is 0 Å². The molecule has 2 aliphatic rings. The third-order valence-electron chi connectivity index (χ3n) is 6.42. The van der Waals surface area contributed by atoms with Crippen LogP contribution in [0.25, 0.3) is 0 Å². The molecule has 0 aromatic heterocycles. The number of nitrogens with one attached hydrogen (secondary N) is 1. The minimum absolute atomic E-state index is 0.0917. The minimum atomic E-state index is -1.09. The number of fused-ring (bicyclic) bond motifs is 1. The highest BCUT2D eigenvalue weighted by Gasteiger charge is 2.51. The van der Waals surface area contributed by atoms with Crippen LogP contribution in [-0.4, -0.2) is 60.9 Å². The van der Waals surface area contributed by atoms with E-state index in [1.165, 1.54) is 16.2 Å². The van der Waals surface area contributed by atoms with Gasteiger partial charge in [-0.3, -0.25) is 4.79 Å². The van der Waals surface area contributed by atoms with Crippen LogP contribution in [0.4, 0.5) is 10.5 Å². The van der Waals surface area contributed by atoms with E-state index >= 15 is 0 Å². The van der Waals surface area contributed by atoms with Crippen molar-refractivity contribution in [1.29, 1.82) is 0 Å². The molecule has 2 aromatic rings. The van der Waals surface area contributed by atoms with E-state index in [0.29, 0.717) is 6.42 Å². The van der Waals surface area contributed by atoms with Gasteiger partial charge in [0.25, 0.3) is 0 Å². The average molecular weight is 454 g/mol. The quantitative estimate of drug-likeness (QED) is 0.672. The molecule has 0 unspecified atom stereocenters. The van der Waals surface area contributed by atoms with Gasteiger partial charge in [-0.1, -0.05) is 36.4 Å². The second-order valence-electron chi connectivity index (χ2n) is 8.94. The monoisotopic (exact) mass is 453 g/mol. The summed E-state index contributed by atoms with van der Waals surface area (Å²) < 4.78 is 10.7. The first-order valence-corrected chi connectivity index (χ1v) is 11.2. The smallest absolute Gasteiger partial charge is 0.428 e. The van der Waals surface area contributed by atoms with Gasteiger partial charge in [-0.2, -0.15) is 0 Å². The average Bonchev–Trinajstić information content (AvgIpc) is 3.15. The molecule has 0 aliphatic carbocycles. The van der Waals surface area contributed by atoms with Crippen molar-refractivity contribution in [3.63, 3.8) is 0 Å². The summed E-state index contributed by atoms with van der Waals surface area (Å²) in [7, 11) is 3.69. The standard InChI is InChI=1S/C25H31N3O5/c1-25(23(29)26-21-10-9-20-15-27(2)12-11-19(20)13-21)14-22(31-3)16-28(25)33-24(30)32-17-18-7-5-4-6-8-18/h4-10,13,22H,11-12,14-17H2,1-3H3,(H,26,29)/t22-,25+/m1/s1. The number of hydroxylamine groups is 2. The van der Waals surface area contributed by atoms with Crippen LogP contribution in [0.5, 0.6) is 0 Å². The normalized spacial score (nSPS) is 23.1. The molecule has 0 bridgehead atoms. The number of carbonyl (C=O) groups excluding carboxylic acids is 2. The summed E-state index contributed by atoms with van der Waals surface area (Å²) in [5, 5.41) is 4.38. The molecule has 0 spiro atoms. The van der Waals surface area contributed by atoms with Crippen molar-refractivity contribution in [3.8, 4) is 0 Å². The van der Waals surface area contributed by atoms with Gasteiger partial charge in [-0.05, 0) is 49.2 Å². The van der Waals surface area contributed by atoms with Gasteiger partial charge >= 0.3 is 6.16 Å². The molecule has 2 heterocycles. The number of methoxy groups -OCH3 is 1. The fourth-order valence-corrected chi connectivity index (χ4v) is 4.37. The second kappa shape index (κ2) is 9.91. The lowest BCUT2D eigenvalue weighted by Crippen LogP contribution is -2.51. The highest BCUT2D eigenvalue weighted by molar-refractivity contribution is 5.98. The van der Waals surface area contributed by atoms with Gasteiger partial charge in [0, 0.05) is 32.3 Å². The number of hydrogen-bond acceptors (Lipinski definition) is 7. The summed E-state index contributed by atoms with van der Waals surface area (Å²) in [4.78, 5) is 33.4. The summed E-state index contributed by atoms with van der Waals surface area (Å²) in [6.45, 7) is 4.01. The summed E-state index contributed by atoms with van der Waals surface area (Å²) in [5.74, 6) is -0.259. The summed E-state index contributed by atoms with van der Waals surface area (Å²) in [6, 6.07) is 15.4. The van der Waals surface area contributed by atoms with Gasteiger partial charge in [0.2, 0.25) is 5.91 Å². The molecule has 8 nitrogen and oxygen atoms in total. The number of rotatable bonds is 6. The zero-order valence-corrected chi connectivity index (χ0v) is 19.4. The molecule has 1 saturated heterocycles. The summed E-state index contributed by atoms with van der Waals surface area (Å²) >= 11 is 0. The molecule has 1 amide bonds. The van der Waals surface area contributed by atoms with Crippen LogP contribution < -0.4 is 5.32 Å². The van der Waals surface area contributed by atoms with E-state index in [-0.39, 0.29) is 25.2 Å². The van der Waals surface area contributed by atoms with E-state index in [9.17, 15) is 9.59 Å². The molecule has 4 rings (SSSR count). The highest BCUT2D eigenvalue weighted by Crippen LogP contribution is 2.33. The van der Waals surface area contributed by atoms with E-state index in [2.05, 4.69) is 23.3 Å². The number of carbonyl (C=O) groups is 2. The van der Waals surface area contributed by atoms with Crippen molar-refractivity contribution in [2.45, 2.75) is 44.6 Å². The maximum Gasteiger partial charge on any atom is 0.528 e. The van der Waals surface area contributed by atoms with Gasteiger partial charge in [-0.15, -0.1) is 5.06 Å². The molecular formula is C25H31N3O5. The minimum Gasteiger partial charge on any atom is -0.428 e. The van der Waals surface area contributed by atoms with Crippen LogP contribution in [0, 0.1) is 0 Å². The van der Waals surface area contributed by atoms with Crippen LogP contribution in [0.15, 0.2) is 48.5 Å². The molecule has 1 fully saturated rings. The number of ether oxygens (including phenoxy) is 2. The van der Waals surface area contributed by atoms with Crippen molar-refractivity contribution < 1.29 is 23.9 Å².